The molecule has 0 aliphatic rings. The van der Waals surface area contributed by atoms with Crippen LogP contribution in [0.4, 0.5) is 0 Å². The maximum atomic E-state index is 13.0. The van der Waals surface area contributed by atoms with E-state index in [1.165, 1.54) is 193 Å². The van der Waals surface area contributed by atoms with Crippen LogP contribution in [0.25, 0.3) is 0 Å². The minimum absolute atomic E-state index is 0.141. The van der Waals surface area contributed by atoms with Gasteiger partial charge in [0, 0.05) is 12.8 Å². The van der Waals surface area contributed by atoms with Gasteiger partial charge in [-0.15, -0.1) is 0 Å². The van der Waals surface area contributed by atoms with Gasteiger partial charge in [0.15, 0.2) is 12.4 Å². The molecule has 95 heavy (non-hydrogen) atoms. The Kier molecular flexibility index (Phi) is 71.6. The minimum Gasteiger partial charge on any atom is -0.545 e. The summed E-state index contributed by atoms with van der Waals surface area (Å²) in [6, 6.07) is 0. The van der Waals surface area contributed by atoms with Gasteiger partial charge in [-0.2, -0.15) is 0 Å². The van der Waals surface area contributed by atoms with Crippen LogP contribution in [0.1, 0.15) is 335 Å². The quantitative estimate of drug-likeness (QED) is 0.0195. The average molecular weight is 1320 g/mol. The van der Waals surface area contributed by atoms with E-state index in [4.69, 9.17) is 18.9 Å². The van der Waals surface area contributed by atoms with Gasteiger partial charge in [-0.1, -0.05) is 340 Å². The van der Waals surface area contributed by atoms with Crippen molar-refractivity contribution in [2.45, 2.75) is 347 Å². The lowest BCUT2D eigenvalue weighted by Gasteiger charge is -2.26. The van der Waals surface area contributed by atoms with E-state index in [2.05, 4.69) is 148 Å². The first-order chi connectivity index (χ1) is 46.6. The van der Waals surface area contributed by atoms with Crippen molar-refractivity contribution in [1.82, 2.24) is 0 Å². The van der Waals surface area contributed by atoms with Crippen molar-refractivity contribution in [3.05, 3.63) is 134 Å². The number of quaternary nitrogens is 1. The predicted molar refractivity (Wildman–Crippen MR) is 407 cm³/mol. The normalized spacial score (nSPS) is 13.4. The molecule has 0 bridgehead atoms. The maximum absolute atomic E-state index is 13.0. The summed E-state index contributed by atoms with van der Waals surface area (Å²) in [5.74, 6) is -2.29. The topological polar surface area (TPSA) is 111 Å². The summed E-state index contributed by atoms with van der Waals surface area (Å²) >= 11 is 0. The van der Waals surface area contributed by atoms with E-state index in [-0.39, 0.29) is 38.6 Å². The lowest BCUT2D eigenvalue weighted by Crippen LogP contribution is -2.44. The van der Waals surface area contributed by atoms with Crippen molar-refractivity contribution in [3.63, 3.8) is 0 Å². The zero-order valence-corrected chi connectivity index (χ0v) is 62.3. The number of unbranched alkanes of at least 4 members (excludes halogenated alkanes) is 35. The first kappa shape index (κ1) is 90.4. The number of hydrogen-bond acceptors (Lipinski definition) is 8. The second kappa shape index (κ2) is 75.2. The summed E-state index contributed by atoms with van der Waals surface area (Å²) in [5, 5.41) is 11.9. The number of carboxylic acids is 1. The smallest absolute Gasteiger partial charge is 0.306 e. The Morgan fingerprint density at radius 3 is 0.905 bits per heavy atom. The molecule has 0 fully saturated rings. The number of likely N-dealkylation sites (N-methyl/N-ethyl adjacent to an activating group) is 1. The van der Waals surface area contributed by atoms with Crippen molar-refractivity contribution >= 4 is 17.9 Å². The molecule has 0 saturated carbocycles. The number of ether oxygens (including phenoxy) is 4. The van der Waals surface area contributed by atoms with Crippen molar-refractivity contribution in [2.24, 2.45) is 0 Å². The van der Waals surface area contributed by atoms with E-state index in [9.17, 15) is 19.5 Å². The molecule has 9 heteroatoms. The number of rotatable bonds is 72. The lowest BCUT2D eigenvalue weighted by molar-refractivity contribution is -0.870. The molecule has 0 aromatic carbocycles. The van der Waals surface area contributed by atoms with Crippen molar-refractivity contribution in [2.75, 3.05) is 47.5 Å². The van der Waals surface area contributed by atoms with E-state index in [0.29, 0.717) is 17.4 Å². The molecule has 0 N–H and O–H groups in total. The fourth-order valence-electron chi connectivity index (χ4n) is 10.9. The molecule has 0 aliphatic heterocycles. The first-order valence-electron chi connectivity index (χ1n) is 39.3. The van der Waals surface area contributed by atoms with E-state index in [1.54, 1.807) is 0 Å². The Morgan fingerprint density at radius 2 is 0.600 bits per heavy atom. The summed E-state index contributed by atoms with van der Waals surface area (Å²) in [7, 11) is 5.93. The molecule has 0 radical (unpaired) electrons. The molecule has 0 aliphatic carbocycles. The molecule has 0 heterocycles. The Balaban J connectivity index is 4.11. The molecule has 0 spiro atoms. The maximum Gasteiger partial charge on any atom is 0.306 e. The number of carbonyl (C=O) groups is 3. The second-order valence-electron chi connectivity index (χ2n) is 27.3. The second-order valence-corrected chi connectivity index (χ2v) is 27.3. The molecule has 0 saturated heterocycles. The first-order valence-corrected chi connectivity index (χ1v) is 39.3. The largest absolute Gasteiger partial charge is 0.545 e. The van der Waals surface area contributed by atoms with Crippen LogP contribution >= 0.6 is 0 Å². The highest BCUT2D eigenvalue weighted by Crippen LogP contribution is 2.18. The Hall–Kier alpha value is -4.57. The number of hydrogen-bond donors (Lipinski definition) is 0. The third kappa shape index (κ3) is 76.7. The van der Waals surface area contributed by atoms with Crippen molar-refractivity contribution < 1.29 is 42.9 Å². The summed E-state index contributed by atoms with van der Waals surface area (Å²) in [6.45, 7) is 4.65. The van der Waals surface area contributed by atoms with Gasteiger partial charge in [0.05, 0.1) is 40.3 Å². The fourth-order valence-corrected chi connectivity index (χ4v) is 10.9. The highest BCUT2D eigenvalue weighted by atomic mass is 16.7. The minimum atomic E-state index is -1.63. The molecular formula is C86H147NO8. The van der Waals surface area contributed by atoms with Crippen LogP contribution in [0, 0.1) is 0 Å². The number of carboxylic acid groups (broad SMARTS) is 1. The van der Waals surface area contributed by atoms with E-state index >= 15 is 0 Å². The van der Waals surface area contributed by atoms with Gasteiger partial charge in [0.25, 0.3) is 0 Å². The highest BCUT2D eigenvalue weighted by Gasteiger charge is 2.22. The van der Waals surface area contributed by atoms with Crippen LogP contribution in [-0.2, 0) is 33.3 Å². The summed E-state index contributed by atoms with van der Waals surface area (Å²) in [5.41, 5.74) is 0. The molecule has 0 rings (SSSR count). The van der Waals surface area contributed by atoms with Gasteiger partial charge in [-0.25, -0.2) is 0 Å². The van der Waals surface area contributed by atoms with E-state index < -0.39 is 24.3 Å². The highest BCUT2D eigenvalue weighted by molar-refractivity contribution is 5.70. The number of aliphatic carboxylic acids is 1. The van der Waals surface area contributed by atoms with Crippen LogP contribution in [-0.4, -0.2) is 82.3 Å². The third-order valence-electron chi connectivity index (χ3n) is 16.9. The average Bonchev–Trinajstić information content (AvgIpc) is 2.92. The van der Waals surface area contributed by atoms with E-state index in [0.717, 1.165) is 109 Å². The molecule has 544 valence electrons. The molecule has 2 unspecified atom stereocenters. The molecule has 0 aromatic heterocycles. The molecule has 0 amide bonds. The zero-order valence-electron chi connectivity index (χ0n) is 62.3. The molecular weight excluding hydrogens is 1170 g/mol. The van der Waals surface area contributed by atoms with Gasteiger partial charge in [0.2, 0.25) is 0 Å². The number of carbonyl (C=O) groups excluding carboxylic acids is 3. The SMILES string of the molecule is CC/C=C\C/C=C\C/C=C\C/C=C\C/C=C\C/C=C\C/C=C\C/C=C\C/C=C\C/C=C\CCCCCCCCCCC(=O)OC(COC(=O)CCCCCCCCCCCCCCCCCCCCC/C=C\CCCCCCCCCC)COC(OCC[N+](C)(C)C)C(=O)[O-]. The van der Waals surface area contributed by atoms with Crippen LogP contribution < -0.4 is 5.11 Å². The van der Waals surface area contributed by atoms with Gasteiger partial charge in [-0.3, -0.25) is 9.59 Å². The molecule has 0 aromatic rings. The van der Waals surface area contributed by atoms with Gasteiger partial charge in [-0.05, 0) is 116 Å². The number of esters is 2. The van der Waals surface area contributed by atoms with Gasteiger partial charge < -0.3 is 33.3 Å². The summed E-state index contributed by atoms with van der Waals surface area (Å²) < 4.78 is 22.8. The Morgan fingerprint density at radius 1 is 0.326 bits per heavy atom. The Labute approximate surface area is 586 Å². The van der Waals surface area contributed by atoms with E-state index in [1.807, 2.05) is 21.1 Å². The van der Waals surface area contributed by atoms with Gasteiger partial charge >= 0.3 is 11.9 Å². The van der Waals surface area contributed by atoms with Crippen LogP contribution in [0.15, 0.2) is 134 Å². The summed E-state index contributed by atoms with van der Waals surface area (Å²) in [6.07, 6.45) is 106. The number of nitrogens with zero attached hydrogens (tertiary/aromatic N) is 1. The van der Waals surface area contributed by atoms with Crippen LogP contribution in [0.5, 0.6) is 0 Å². The molecule has 9 nitrogen and oxygen atoms in total. The Bertz CT molecular complexity index is 2030. The fraction of sp³-hybridized carbons (Fsp3) is 0.709. The molecule has 2 atom stereocenters. The van der Waals surface area contributed by atoms with Crippen molar-refractivity contribution in [1.29, 1.82) is 0 Å². The zero-order chi connectivity index (χ0) is 69.0. The van der Waals surface area contributed by atoms with Crippen LogP contribution in [0.3, 0.4) is 0 Å². The van der Waals surface area contributed by atoms with Crippen LogP contribution in [0.2, 0.25) is 0 Å². The predicted octanol–water partition coefficient (Wildman–Crippen LogP) is 23.9. The monoisotopic (exact) mass is 1320 g/mol. The lowest BCUT2D eigenvalue weighted by atomic mass is 10.0. The standard InChI is InChI=1S/C86H147NO8/c1-6-8-10-12-14-16-18-20-22-24-26-28-30-32-34-36-38-39-40-41-42-43-44-45-47-49-51-53-55-57-59-61-63-65-67-69-71-73-75-77-84(89)95-82(81-94-86(85(90)91)92-79-78-87(3,4)5)80-93-83(88)76-74-72-70-68-66-64-62-60-58-56-54-52-50-48-46-37-35-33-31-29-27-25-23-21-19-17-15-13-11-9-7-2/h8,10,14,16,20,22,25-28,32,34,38-39,41-42,44-45,49,51,55,57,82,86H,6-7,9,11-13,15,17-19,21,23-24,29-31,33,35-37,40,43,46-48,50,52-54,56,58-81H2,1-5H3/b10-8-,16-14-,22-20-,27-25-,28-26-,34-32-,39-38-,42-41-,45-44-,51-49-,57-55-. The number of allylic oxidation sites excluding steroid dienone is 22. The summed E-state index contributed by atoms with van der Waals surface area (Å²) in [4.78, 5) is 37.6. The van der Waals surface area contributed by atoms with Gasteiger partial charge in [0.1, 0.15) is 13.2 Å². The third-order valence-corrected chi connectivity index (χ3v) is 16.9. The van der Waals surface area contributed by atoms with Crippen molar-refractivity contribution in [3.8, 4) is 0 Å².